The maximum Gasteiger partial charge on any atom is 0.308 e. The van der Waals surface area contributed by atoms with Gasteiger partial charge in [0.15, 0.2) is 0 Å². The Hall–Kier alpha value is -1.55. The van der Waals surface area contributed by atoms with Gasteiger partial charge < -0.3 is 10.0 Å². The van der Waals surface area contributed by atoms with Crippen LogP contribution < -0.4 is 0 Å². The quantitative estimate of drug-likeness (QED) is 0.927. The molecule has 2 atom stereocenters. The van der Waals surface area contributed by atoms with Crippen molar-refractivity contribution in [3.8, 4) is 0 Å². The molecule has 0 aliphatic carbocycles. The third-order valence-corrected chi connectivity index (χ3v) is 3.93. The number of aliphatic carboxylic acids is 1. The predicted octanol–water partition coefficient (Wildman–Crippen LogP) is 2.72. The molecule has 1 aromatic carbocycles. The summed E-state index contributed by atoms with van der Waals surface area (Å²) >= 11 is 6.17. The second-order valence-electron chi connectivity index (χ2n) is 4.63. The number of carboxylic acids is 1. The number of amides is 1. The van der Waals surface area contributed by atoms with Crippen LogP contribution >= 0.6 is 11.6 Å². The maximum absolute atomic E-state index is 12.0. The minimum absolute atomic E-state index is 0.00933. The average molecular weight is 282 g/mol. The van der Waals surface area contributed by atoms with Gasteiger partial charge in [-0.3, -0.25) is 9.59 Å². The highest BCUT2D eigenvalue weighted by atomic mass is 35.5. The summed E-state index contributed by atoms with van der Waals surface area (Å²) in [6.07, 6.45) is 0.645. The topological polar surface area (TPSA) is 57.6 Å². The van der Waals surface area contributed by atoms with Crippen LogP contribution in [0, 0.1) is 5.92 Å². The van der Waals surface area contributed by atoms with Crippen molar-refractivity contribution in [2.75, 3.05) is 6.54 Å². The summed E-state index contributed by atoms with van der Waals surface area (Å²) in [5.41, 5.74) is 0.714. The monoisotopic (exact) mass is 281 g/mol. The third-order valence-electron chi connectivity index (χ3n) is 3.59. The van der Waals surface area contributed by atoms with E-state index in [-0.39, 0.29) is 12.3 Å². The molecule has 1 N–H and O–H groups in total. The Morgan fingerprint density at radius 3 is 2.74 bits per heavy atom. The summed E-state index contributed by atoms with van der Waals surface area (Å²) in [5, 5.41) is 9.89. The lowest BCUT2D eigenvalue weighted by Gasteiger charge is -2.39. The zero-order valence-electron chi connectivity index (χ0n) is 10.7. The van der Waals surface area contributed by atoms with Crippen molar-refractivity contribution in [1.29, 1.82) is 0 Å². The van der Waals surface area contributed by atoms with Gasteiger partial charge in [-0.25, -0.2) is 0 Å². The smallest absolute Gasteiger partial charge is 0.308 e. The molecule has 1 aromatic rings. The van der Waals surface area contributed by atoms with Gasteiger partial charge in [0.2, 0.25) is 5.91 Å². The molecule has 1 amide bonds. The van der Waals surface area contributed by atoms with E-state index >= 15 is 0 Å². The van der Waals surface area contributed by atoms with E-state index in [1.54, 1.807) is 23.1 Å². The molecule has 0 saturated carbocycles. The zero-order valence-corrected chi connectivity index (χ0v) is 11.4. The molecule has 0 radical (unpaired) electrons. The molecule has 1 aliphatic heterocycles. The highest BCUT2D eigenvalue weighted by Gasteiger charge is 2.40. The van der Waals surface area contributed by atoms with E-state index in [4.69, 9.17) is 11.6 Å². The van der Waals surface area contributed by atoms with E-state index in [2.05, 4.69) is 0 Å². The molecule has 102 valence electrons. The first kappa shape index (κ1) is 13.9. The average Bonchev–Trinajstić information content (AvgIpc) is 2.38. The van der Waals surface area contributed by atoms with Gasteiger partial charge >= 0.3 is 5.97 Å². The van der Waals surface area contributed by atoms with Crippen molar-refractivity contribution < 1.29 is 14.7 Å². The van der Waals surface area contributed by atoms with Gasteiger partial charge in [0.1, 0.15) is 0 Å². The number of likely N-dealkylation sites (tertiary alicyclic amines) is 1. The summed E-state index contributed by atoms with van der Waals surface area (Å²) in [6.45, 7) is 2.34. The van der Waals surface area contributed by atoms with E-state index in [0.29, 0.717) is 23.6 Å². The van der Waals surface area contributed by atoms with Crippen molar-refractivity contribution in [2.45, 2.75) is 25.8 Å². The van der Waals surface area contributed by atoms with Crippen LogP contribution in [-0.2, 0) is 9.59 Å². The zero-order chi connectivity index (χ0) is 14.0. The molecular weight excluding hydrogens is 266 g/mol. The van der Waals surface area contributed by atoms with Gasteiger partial charge in [-0.1, -0.05) is 29.8 Å². The molecule has 4 nitrogen and oxygen atoms in total. The Kier molecular flexibility index (Phi) is 4.10. The minimum Gasteiger partial charge on any atom is -0.481 e. The Labute approximate surface area is 117 Å². The normalized spacial score (nSPS) is 23.5. The van der Waals surface area contributed by atoms with Gasteiger partial charge in [-0.05, 0) is 25.0 Å². The molecule has 19 heavy (non-hydrogen) atoms. The van der Waals surface area contributed by atoms with Gasteiger partial charge in [-0.15, -0.1) is 0 Å². The standard InChI is InChI=1S/C14H16ClNO3/c1-2-16-12(17)8-7-10(14(18)19)13(16)9-5-3-4-6-11(9)15/h3-6,10,13H,2,7-8H2,1H3,(H,18,19)/t10-,13-/m0/s1. The van der Waals surface area contributed by atoms with Gasteiger partial charge in [-0.2, -0.15) is 0 Å². The fourth-order valence-corrected chi connectivity index (χ4v) is 2.93. The van der Waals surface area contributed by atoms with Crippen molar-refractivity contribution in [2.24, 2.45) is 5.92 Å². The first-order chi connectivity index (χ1) is 9.06. The summed E-state index contributed by atoms with van der Waals surface area (Å²) in [4.78, 5) is 25.0. The number of piperidine rings is 1. The first-order valence-electron chi connectivity index (χ1n) is 6.33. The number of halogens is 1. The van der Waals surface area contributed by atoms with Crippen LogP contribution in [-0.4, -0.2) is 28.4 Å². The molecular formula is C14H16ClNO3. The summed E-state index contributed by atoms with van der Waals surface area (Å²) in [6, 6.07) is 6.65. The van der Waals surface area contributed by atoms with Crippen molar-refractivity contribution >= 4 is 23.5 Å². The summed E-state index contributed by atoms with van der Waals surface area (Å²) < 4.78 is 0. The third kappa shape index (κ3) is 2.59. The molecule has 1 saturated heterocycles. The highest BCUT2D eigenvalue weighted by Crippen LogP contribution is 2.39. The van der Waals surface area contributed by atoms with Crippen molar-refractivity contribution in [3.05, 3.63) is 34.9 Å². The fourth-order valence-electron chi connectivity index (χ4n) is 2.68. The van der Waals surface area contributed by atoms with Gasteiger partial charge in [0.25, 0.3) is 0 Å². The molecule has 5 heteroatoms. The number of rotatable bonds is 3. The number of carboxylic acid groups (broad SMARTS) is 1. The van der Waals surface area contributed by atoms with E-state index in [1.165, 1.54) is 0 Å². The number of hydrogen-bond acceptors (Lipinski definition) is 2. The lowest BCUT2D eigenvalue weighted by atomic mass is 9.84. The Bertz CT molecular complexity index is 501. The molecule has 1 fully saturated rings. The second kappa shape index (κ2) is 5.61. The Morgan fingerprint density at radius 1 is 1.47 bits per heavy atom. The molecule has 1 heterocycles. The van der Waals surface area contributed by atoms with Crippen LogP contribution in [0.2, 0.25) is 5.02 Å². The molecule has 0 spiro atoms. The first-order valence-corrected chi connectivity index (χ1v) is 6.70. The minimum atomic E-state index is -0.879. The number of nitrogens with zero attached hydrogens (tertiary/aromatic N) is 1. The van der Waals surface area contributed by atoms with Crippen molar-refractivity contribution in [1.82, 2.24) is 4.90 Å². The van der Waals surface area contributed by atoms with Crippen LogP contribution in [0.1, 0.15) is 31.4 Å². The van der Waals surface area contributed by atoms with Crippen LogP contribution in [0.5, 0.6) is 0 Å². The van der Waals surface area contributed by atoms with E-state index < -0.39 is 17.9 Å². The lowest BCUT2D eigenvalue weighted by molar-refractivity contribution is -0.151. The number of hydrogen-bond donors (Lipinski definition) is 1. The van der Waals surface area contributed by atoms with Crippen LogP contribution in [0.3, 0.4) is 0 Å². The molecule has 1 aliphatic rings. The molecule has 0 unspecified atom stereocenters. The Morgan fingerprint density at radius 2 is 2.16 bits per heavy atom. The van der Waals surface area contributed by atoms with Crippen molar-refractivity contribution in [3.63, 3.8) is 0 Å². The van der Waals surface area contributed by atoms with Gasteiger partial charge in [0.05, 0.1) is 12.0 Å². The summed E-state index contributed by atoms with van der Waals surface area (Å²) in [7, 11) is 0. The molecule has 2 rings (SSSR count). The predicted molar refractivity (Wildman–Crippen MR) is 71.9 cm³/mol. The van der Waals surface area contributed by atoms with Crippen LogP contribution in [0.25, 0.3) is 0 Å². The number of carbonyl (C=O) groups excluding carboxylic acids is 1. The molecule has 0 bridgehead atoms. The van der Waals surface area contributed by atoms with Crippen LogP contribution in [0.4, 0.5) is 0 Å². The fraction of sp³-hybridized carbons (Fsp3) is 0.429. The van der Waals surface area contributed by atoms with Gasteiger partial charge in [0, 0.05) is 18.0 Å². The number of carbonyl (C=O) groups is 2. The number of benzene rings is 1. The van der Waals surface area contributed by atoms with E-state index in [1.807, 2.05) is 13.0 Å². The highest BCUT2D eigenvalue weighted by molar-refractivity contribution is 6.31. The van der Waals surface area contributed by atoms with Crippen LogP contribution in [0.15, 0.2) is 24.3 Å². The SMILES string of the molecule is CCN1C(=O)CC[C@H](C(=O)O)[C@@H]1c1ccccc1Cl. The second-order valence-corrected chi connectivity index (χ2v) is 5.04. The Balaban J connectivity index is 2.47. The lowest BCUT2D eigenvalue weighted by Crippen LogP contribution is -2.45. The van der Waals surface area contributed by atoms with E-state index in [0.717, 1.165) is 0 Å². The summed E-state index contributed by atoms with van der Waals surface area (Å²) in [5.74, 6) is -1.49. The maximum atomic E-state index is 12.0. The molecule has 0 aromatic heterocycles. The van der Waals surface area contributed by atoms with E-state index in [9.17, 15) is 14.7 Å². The largest absolute Gasteiger partial charge is 0.481 e.